The summed E-state index contributed by atoms with van der Waals surface area (Å²) < 4.78 is 11.3. The molecule has 186 valence electrons. The monoisotopic (exact) mass is 574 g/mol. The summed E-state index contributed by atoms with van der Waals surface area (Å²) in [5, 5.41) is 6.68. The van der Waals surface area contributed by atoms with Gasteiger partial charge in [-0.25, -0.2) is 9.98 Å². The minimum absolute atomic E-state index is 0. The third-order valence-corrected chi connectivity index (χ3v) is 5.90. The average molecular weight is 575 g/mol. The van der Waals surface area contributed by atoms with Crippen LogP contribution in [0.3, 0.4) is 0 Å². The van der Waals surface area contributed by atoms with Crippen LogP contribution in [0.25, 0.3) is 0 Å². The number of nitrogens with zero attached hydrogens (tertiary/aromatic N) is 3. The fourth-order valence-electron chi connectivity index (χ4n) is 4.09. The molecule has 0 radical (unpaired) electrons. The van der Waals surface area contributed by atoms with Crippen LogP contribution in [0.2, 0.25) is 0 Å². The fourth-order valence-corrected chi connectivity index (χ4v) is 4.09. The topological polar surface area (TPSA) is 114 Å². The molecule has 0 bridgehead atoms. The molecule has 1 aromatic rings. The smallest absolute Gasteiger partial charge is 0.220 e. The van der Waals surface area contributed by atoms with E-state index in [4.69, 9.17) is 20.2 Å². The van der Waals surface area contributed by atoms with Gasteiger partial charge in [0.1, 0.15) is 5.82 Å². The van der Waals surface area contributed by atoms with Gasteiger partial charge in [0, 0.05) is 57.1 Å². The predicted molar refractivity (Wildman–Crippen MR) is 141 cm³/mol. The first-order valence-corrected chi connectivity index (χ1v) is 11.9. The van der Waals surface area contributed by atoms with Crippen molar-refractivity contribution in [2.24, 2.45) is 16.6 Å². The molecule has 10 heteroatoms. The SMILES string of the molecule is CCNC(=NCc1cccnc1N1CCC(C(N)=O)CC1)NCCCOCC1CCCO1.I. The van der Waals surface area contributed by atoms with Gasteiger partial charge in [-0.3, -0.25) is 4.79 Å². The van der Waals surface area contributed by atoms with Crippen molar-refractivity contribution in [3.8, 4) is 0 Å². The molecular weight excluding hydrogens is 535 g/mol. The second-order valence-corrected chi connectivity index (χ2v) is 8.34. The highest BCUT2D eigenvalue weighted by molar-refractivity contribution is 14.0. The first-order valence-electron chi connectivity index (χ1n) is 11.9. The summed E-state index contributed by atoms with van der Waals surface area (Å²) in [4.78, 5) is 23.0. The molecule has 33 heavy (non-hydrogen) atoms. The molecule has 2 aliphatic heterocycles. The molecule has 1 atom stereocenters. The molecule has 1 aromatic heterocycles. The second-order valence-electron chi connectivity index (χ2n) is 8.34. The molecule has 3 heterocycles. The highest BCUT2D eigenvalue weighted by Crippen LogP contribution is 2.24. The largest absolute Gasteiger partial charge is 0.379 e. The number of primary amides is 1. The Hall–Kier alpha value is -1.66. The van der Waals surface area contributed by atoms with E-state index in [1.165, 1.54) is 0 Å². The normalized spacial score (nSPS) is 19.2. The lowest BCUT2D eigenvalue weighted by atomic mass is 9.96. The van der Waals surface area contributed by atoms with Crippen molar-refractivity contribution in [2.45, 2.75) is 51.7 Å². The predicted octanol–water partition coefficient (Wildman–Crippen LogP) is 2.04. The zero-order valence-corrected chi connectivity index (χ0v) is 22.0. The number of carbonyl (C=O) groups is 1. The van der Waals surface area contributed by atoms with Gasteiger partial charge in [0.25, 0.3) is 0 Å². The van der Waals surface area contributed by atoms with Crippen molar-refractivity contribution in [1.29, 1.82) is 0 Å². The zero-order valence-electron chi connectivity index (χ0n) is 19.6. The number of halogens is 1. The van der Waals surface area contributed by atoms with E-state index >= 15 is 0 Å². The van der Waals surface area contributed by atoms with Crippen LogP contribution in [0.15, 0.2) is 23.3 Å². The zero-order chi connectivity index (χ0) is 22.6. The lowest BCUT2D eigenvalue weighted by Gasteiger charge is -2.32. The van der Waals surface area contributed by atoms with Crippen molar-refractivity contribution in [2.75, 3.05) is 50.9 Å². The van der Waals surface area contributed by atoms with E-state index in [2.05, 4.69) is 33.5 Å². The fraction of sp³-hybridized carbons (Fsp3) is 0.696. The van der Waals surface area contributed by atoms with Crippen LogP contribution in [0.1, 0.15) is 44.6 Å². The summed E-state index contributed by atoms with van der Waals surface area (Å²) in [6, 6.07) is 4.00. The molecular formula is C23H39IN6O3. The van der Waals surface area contributed by atoms with E-state index in [9.17, 15) is 4.79 Å². The molecule has 3 rings (SSSR count). The number of anilines is 1. The second kappa shape index (κ2) is 15.3. The summed E-state index contributed by atoms with van der Waals surface area (Å²) in [6.07, 6.45) is 6.78. The number of hydrogen-bond acceptors (Lipinski definition) is 6. The lowest BCUT2D eigenvalue weighted by molar-refractivity contribution is -0.122. The van der Waals surface area contributed by atoms with Gasteiger partial charge in [-0.05, 0) is 45.1 Å². The van der Waals surface area contributed by atoms with E-state index in [-0.39, 0.29) is 41.9 Å². The molecule has 1 unspecified atom stereocenters. The average Bonchev–Trinajstić information content (AvgIpc) is 3.33. The Labute approximate surface area is 214 Å². The van der Waals surface area contributed by atoms with Crippen LogP contribution in [0.4, 0.5) is 5.82 Å². The van der Waals surface area contributed by atoms with Crippen LogP contribution in [-0.4, -0.2) is 69.0 Å². The summed E-state index contributed by atoms with van der Waals surface area (Å²) in [6.45, 7) is 8.00. The summed E-state index contributed by atoms with van der Waals surface area (Å²) in [7, 11) is 0. The van der Waals surface area contributed by atoms with Gasteiger partial charge in [-0.1, -0.05) is 6.07 Å². The molecule has 0 spiro atoms. The van der Waals surface area contributed by atoms with Crippen LogP contribution >= 0.6 is 24.0 Å². The number of carbonyl (C=O) groups excluding carboxylic acids is 1. The Bertz CT molecular complexity index is 737. The van der Waals surface area contributed by atoms with Gasteiger partial charge in [0.05, 0.1) is 19.3 Å². The number of amides is 1. The molecule has 0 saturated carbocycles. The Balaban J connectivity index is 0.00000385. The van der Waals surface area contributed by atoms with Gasteiger partial charge in [-0.15, -0.1) is 24.0 Å². The van der Waals surface area contributed by atoms with E-state index in [0.717, 1.165) is 82.2 Å². The van der Waals surface area contributed by atoms with Crippen LogP contribution in [0, 0.1) is 5.92 Å². The lowest BCUT2D eigenvalue weighted by Crippen LogP contribution is -2.39. The van der Waals surface area contributed by atoms with Gasteiger partial charge >= 0.3 is 0 Å². The molecule has 0 aromatic carbocycles. The number of pyridine rings is 1. The Morgan fingerprint density at radius 2 is 2.15 bits per heavy atom. The van der Waals surface area contributed by atoms with Crippen LogP contribution < -0.4 is 21.3 Å². The number of piperidine rings is 1. The number of ether oxygens (including phenoxy) is 2. The van der Waals surface area contributed by atoms with E-state index in [1.54, 1.807) is 0 Å². The summed E-state index contributed by atoms with van der Waals surface area (Å²) in [5.41, 5.74) is 6.54. The number of rotatable bonds is 11. The highest BCUT2D eigenvalue weighted by Gasteiger charge is 2.24. The molecule has 2 saturated heterocycles. The Morgan fingerprint density at radius 1 is 1.33 bits per heavy atom. The Kier molecular flexibility index (Phi) is 12.8. The third-order valence-electron chi connectivity index (χ3n) is 5.90. The van der Waals surface area contributed by atoms with Crippen molar-refractivity contribution >= 4 is 41.7 Å². The number of guanidine groups is 1. The number of aliphatic imine (C=N–C) groups is 1. The highest BCUT2D eigenvalue weighted by atomic mass is 127. The number of nitrogens with two attached hydrogens (primary N) is 1. The summed E-state index contributed by atoms with van der Waals surface area (Å²) >= 11 is 0. The molecule has 0 aliphatic carbocycles. The molecule has 4 N–H and O–H groups in total. The number of hydrogen-bond donors (Lipinski definition) is 3. The molecule has 2 fully saturated rings. The van der Waals surface area contributed by atoms with Crippen molar-refractivity contribution in [3.63, 3.8) is 0 Å². The quantitative estimate of drug-likeness (QED) is 0.161. The standard InChI is InChI=1S/C23H38N6O3.HI/c1-2-25-23(27-11-5-14-31-17-20-7-4-15-32-20)28-16-19-6-3-10-26-22(19)29-12-8-18(9-13-29)21(24)30;/h3,6,10,18,20H,2,4-5,7-9,11-17H2,1H3,(H2,24,30)(H2,25,27,28);1H. The van der Waals surface area contributed by atoms with Crippen molar-refractivity contribution in [3.05, 3.63) is 23.9 Å². The third kappa shape index (κ3) is 9.24. The Morgan fingerprint density at radius 3 is 2.85 bits per heavy atom. The van der Waals surface area contributed by atoms with Gasteiger partial charge in [0.2, 0.25) is 5.91 Å². The summed E-state index contributed by atoms with van der Waals surface area (Å²) in [5.74, 6) is 1.50. The molecule has 1 amide bonds. The van der Waals surface area contributed by atoms with Gasteiger partial charge in [-0.2, -0.15) is 0 Å². The van der Waals surface area contributed by atoms with Gasteiger partial charge in [0.15, 0.2) is 5.96 Å². The molecule has 2 aliphatic rings. The minimum Gasteiger partial charge on any atom is -0.379 e. The van der Waals surface area contributed by atoms with Crippen LogP contribution in [-0.2, 0) is 20.8 Å². The first kappa shape index (κ1) is 27.6. The minimum atomic E-state index is -0.200. The van der Waals surface area contributed by atoms with Crippen molar-refractivity contribution in [1.82, 2.24) is 15.6 Å². The van der Waals surface area contributed by atoms with Crippen LogP contribution in [0.5, 0.6) is 0 Å². The van der Waals surface area contributed by atoms with Gasteiger partial charge < -0.3 is 30.7 Å². The maximum absolute atomic E-state index is 11.5. The van der Waals surface area contributed by atoms with E-state index in [1.807, 2.05) is 12.3 Å². The van der Waals surface area contributed by atoms with E-state index < -0.39 is 0 Å². The first-order chi connectivity index (χ1) is 15.7. The number of nitrogens with one attached hydrogen (secondary N) is 2. The van der Waals surface area contributed by atoms with E-state index in [0.29, 0.717) is 19.8 Å². The molecule has 9 nitrogen and oxygen atoms in total. The number of aromatic nitrogens is 1. The maximum atomic E-state index is 11.5. The van der Waals surface area contributed by atoms with Crippen molar-refractivity contribution < 1.29 is 14.3 Å². The maximum Gasteiger partial charge on any atom is 0.220 e.